The fraction of sp³-hybridized carbons (Fsp3) is 0.429. The first-order valence-corrected chi connectivity index (χ1v) is 8.86. The minimum Gasteiger partial charge on any atom is -0.378 e. The molecule has 0 aliphatic rings. The highest BCUT2D eigenvalue weighted by Gasteiger charge is 2.13. The molecule has 0 spiro atoms. The molecule has 2 aromatic carbocycles. The maximum Gasteiger partial charge on any atom is 0.108 e. The average molecular weight is 327 g/mol. The monoisotopic (exact) mass is 327 g/mol. The Morgan fingerprint density at radius 3 is 1.79 bits per heavy atom. The topological polar surface area (TPSA) is 21.7 Å². The van der Waals surface area contributed by atoms with Crippen molar-refractivity contribution in [1.29, 1.82) is 0 Å². The predicted octanol–water partition coefficient (Wildman–Crippen LogP) is 4.15. The first-order chi connectivity index (χ1) is 11.8. The first kappa shape index (κ1) is 18.7. The Bertz CT molecular complexity index is 501. The predicted molar refractivity (Wildman–Crippen MR) is 99.3 cm³/mol. The van der Waals surface area contributed by atoms with Crippen molar-refractivity contribution in [2.24, 2.45) is 0 Å². The van der Waals surface area contributed by atoms with E-state index in [1.165, 1.54) is 11.1 Å². The normalized spacial score (nSPS) is 11.3. The van der Waals surface area contributed by atoms with E-state index in [2.05, 4.69) is 67.3 Å². The fourth-order valence-electron chi connectivity index (χ4n) is 2.70. The molecule has 0 radical (unpaired) electrons. The Balaban J connectivity index is 1.82. The van der Waals surface area contributed by atoms with Crippen LogP contribution in [0.1, 0.15) is 31.1 Å². The lowest BCUT2D eigenvalue weighted by molar-refractivity contribution is 0.0148. The van der Waals surface area contributed by atoms with Gasteiger partial charge in [0.05, 0.1) is 19.8 Å². The first-order valence-electron chi connectivity index (χ1n) is 8.86. The molecule has 2 aromatic rings. The smallest absolute Gasteiger partial charge is 0.108 e. The van der Waals surface area contributed by atoms with Crippen molar-refractivity contribution in [1.82, 2.24) is 4.90 Å². The molecule has 0 saturated carbocycles. The molecule has 0 saturated heterocycles. The highest BCUT2D eigenvalue weighted by atomic mass is 16.5. The summed E-state index contributed by atoms with van der Waals surface area (Å²) >= 11 is 0. The minimum absolute atomic E-state index is 0.0428. The van der Waals surface area contributed by atoms with Crippen LogP contribution in [0.5, 0.6) is 0 Å². The van der Waals surface area contributed by atoms with Crippen LogP contribution in [0.2, 0.25) is 0 Å². The second kappa shape index (κ2) is 11.0. The summed E-state index contributed by atoms with van der Waals surface area (Å²) in [6.45, 7) is 9.44. The van der Waals surface area contributed by atoms with E-state index in [1.807, 2.05) is 12.1 Å². The zero-order valence-electron chi connectivity index (χ0n) is 14.9. The van der Waals surface area contributed by atoms with Gasteiger partial charge in [0.25, 0.3) is 0 Å². The zero-order chi connectivity index (χ0) is 17.0. The molecule has 0 fully saturated rings. The van der Waals surface area contributed by atoms with Crippen LogP contribution >= 0.6 is 0 Å². The van der Waals surface area contributed by atoms with Gasteiger partial charge in [0.2, 0.25) is 0 Å². The largest absolute Gasteiger partial charge is 0.378 e. The van der Waals surface area contributed by atoms with E-state index in [9.17, 15) is 0 Å². The van der Waals surface area contributed by atoms with Crippen molar-refractivity contribution < 1.29 is 9.47 Å². The Kier molecular flexibility index (Phi) is 8.53. The molecule has 0 unspecified atom stereocenters. The SMILES string of the molecule is CCN(CC)CCOCCOC(c1ccccc1)c1ccccc1. The van der Waals surface area contributed by atoms with Gasteiger partial charge in [-0.3, -0.25) is 0 Å². The number of rotatable bonds is 11. The fourth-order valence-corrected chi connectivity index (χ4v) is 2.70. The zero-order valence-corrected chi connectivity index (χ0v) is 14.9. The van der Waals surface area contributed by atoms with E-state index in [1.54, 1.807) is 0 Å². The van der Waals surface area contributed by atoms with Gasteiger partial charge in [-0.1, -0.05) is 74.5 Å². The summed E-state index contributed by atoms with van der Waals surface area (Å²) < 4.78 is 11.9. The quantitative estimate of drug-likeness (QED) is 0.579. The Labute approximate surface area is 146 Å². The lowest BCUT2D eigenvalue weighted by Gasteiger charge is -2.20. The third-order valence-electron chi connectivity index (χ3n) is 4.16. The van der Waals surface area contributed by atoms with E-state index in [0.717, 1.165) is 26.2 Å². The van der Waals surface area contributed by atoms with Gasteiger partial charge in [0.1, 0.15) is 6.10 Å². The summed E-state index contributed by atoms with van der Waals surface area (Å²) in [5.74, 6) is 0. The van der Waals surface area contributed by atoms with Crippen molar-refractivity contribution in [3.63, 3.8) is 0 Å². The van der Waals surface area contributed by atoms with Crippen LogP contribution in [0.3, 0.4) is 0 Å². The summed E-state index contributed by atoms with van der Waals surface area (Å²) in [4.78, 5) is 2.36. The summed E-state index contributed by atoms with van der Waals surface area (Å²) in [5, 5.41) is 0. The maximum absolute atomic E-state index is 6.14. The molecule has 0 heterocycles. The van der Waals surface area contributed by atoms with Crippen molar-refractivity contribution in [3.8, 4) is 0 Å². The van der Waals surface area contributed by atoms with Crippen LogP contribution in [-0.2, 0) is 9.47 Å². The number of hydrogen-bond acceptors (Lipinski definition) is 3. The van der Waals surface area contributed by atoms with Crippen molar-refractivity contribution >= 4 is 0 Å². The second-order valence-corrected chi connectivity index (χ2v) is 5.71. The summed E-state index contributed by atoms with van der Waals surface area (Å²) in [7, 11) is 0. The van der Waals surface area contributed by atoms with E-state index < -0.39 is 0 Å². The van der Waals surface area contributed by atoms with Crippen LogP contribution in [0.15, 0.2) is 60.7 Å². The Morgan fingerprint density at radius 1 is 0.750 bits per heavy atom. The molecular formula is C21H29NO2. The molecule has 0 aromatic heterocycles. The van der Waals surface area contributed by atoms with Crippen LogP contribution < -0.4 is 0 Å². The molecule has 0 amide bonds. The number of likely N-dealkylation sites (N-methyl/N-ethyl adjacent to an activating group) is 1. The summed E-state index contributed by atoms with van der Waals surface area (Å²) in [6, 6.07) is 20.7. The molecule has 0 aliphatic carbocycles. The highest BCUT2D eigenvalue weighted by molar-refractivity contribution is 5.29. The molecule has 3 nitrogen and oxygen atoms in total. The molecule has 0 atom stereocenters. The second-order valence-electron chi connectivity index (χ2n) is 5.71. The number of ether oxygens (including phenoxy) is 2. The van der Waals surface area contributed by atoms with Crippen molar-refractivity contribution in [3.05, 3.63) is 71.8 Å². The average Bonchev–Trinajstić information content (AvgIpc) is 2.66. The van der Waals surface area contributed by atoms with Gasteiger partial charge < -0.3 is 14.4 Å². The lowest BCUT2D eigenvalue weighted by atomic mass is 10.0. The van der Waals surface area contributed by atoms with E-state index in [4.69, 9.17) is 9.47 Å². The third-order valence-corrected chi connectivity index (χ3v) is 4.16. The van der Waals surface area contributed by atoms with Crippen molar-refractivity contribution in [2.75, 3.05) is 39.5 Å². The van der Waals surface area contributed by atoms with Crippen LogP contribution in [0.4, 0.5) is 0 Å². The molecule has 24 heavy (non-hydrogen) atoms. The van der Waals surface area contributed by atoms with Crippen LogP contribution in [0, 0.1) is 0 Å². The van der Waals surface area contributed by atoms with E-state index in [-0.39, 0.29) is 6.10 Å². The molecular weight excluding hydrogens is 298 g/mol. The molecule has 0 N–H and O–H groups in total. The van der Waals surface area contributed by atoms with Gasteiger partial charge in [0.15, 0.2) is 0 Å². The highest BCUT2D eigenvalue weighted by Crippen LogP contribution is 2.25. The summed E-state index contributed by atoms with van der Waals surface area (Å²) in [5.41, 5.74) is 2.35. The minimum atomic E-state index is -0.0428. The van der Waals surface area contributed by atoms with Gasteiger partial charge in [-0.25, -0.2) is 0 Å². The molecule has 0 aliphatic heterocycles. The molecule has 2 rings (SSSR count). The molecule has 3 heteroatoms. The van der Waals surface area contributed by atoms with Gasteiger partial charge >= 0.3 is 0 Å². The lowest BCUT2D eigenvalue weighted by Crippen LogP contribution is -2.27. The van der Waals surface area contributed by atoms with Gasteiger partial charge in [-0.05, 0) is 24.2 Å². The molecule has 0 bridgehead atoms. The van der Waals surface area contributed by atoms with Gasteiger partial charge in [-0.2, -0.15) is 0 Å². The number of hydrogen-bond donors (Lipinski definition) is 0. The standard InChI is InChI=1S/C21H29NO2/c1-3-22(4-2)15-16-23-17-18-24-21(19-11-7-5-8-12-19)20-13-9-6-10-14-20/h5-14,21H,3-4,15-18H2,1-2H3. The van der Waals surface area contributed by atoms with E-state index >= 15 is 0 Å². The number of nitrogens with zero attached hydrogens (tertiary/aromatic N) is 1. The molecule has 130 valence electrons. The van der Waals surface area contributed by atoms with Crippen molar-refractivity contribution in [2.45, 2.75) is 20.0 Å². The van der Waals surface area contributed by atoms with Gasteiger partial charge in [0, 0.05) is 6.54 Å². The maximum atomic E-state index is 6.14. The Morgan fingerprint density at radius 2 is 1.29 bits per heavy atom. The number of benzene rings is 2. The summed E-state index contributed by atoms with van der Waals surface area (Å²) in [6.07, 6.45) is -0.0428. The van der Waals surface area contributed by atoms with Crippen LogP contribution in [-0.4, -0.2) is 44.4 Å². The van der Waals surface area contributed by atoms with Crippen LogP contribution in [0.25, 0.3) is 0 Å². The van der Waals surface area contributed by atoms with Gasteiger partial charge in [-0.15, -0.1) is 0 Å². The van der Waals surface area contributed by atoms with E-state index in [0.29, 0.717) is 13.2 Å². The third kappa shape index (κ3) is 6.08. The Hall–Kier alpha value is -1.68.